The van der Waals surface area contributed by atoms with E-state index < -0.39 is 0 Å². The molecule has 0 aliphatic carbocycles. The van der Waals surface area contributed by atoms with Gasteiger partial charge in [-0.1, -0.05) is 24.3 Å². The van der Waals surface area contributed by atoms with E-state index >= 15 is 0 Å². The number of hydrogen-bond donors (Lipinski definition) is 0. The molecular formula is C41H53N11O3. The number of morpholine rings is 1. The highest BCUT2D eigenvalue weighted by atomic mass is 16.5. The number of amides is 2. The quantitative estimate of drug-likeness (QED) is 0.179. The average Bonchev–Trinajstić information content (AvgIpc) is 3.92. The fourth-order valence-corrected chi connectivity index (χ4v) is 8.02. The number of hydrogen-bond acceptors (Lipinski definition) is 6. The van der Waals surface area contributed by atoms with Crippen LogP contribution in [0.4, 0.5) is 0 Å². The maximum atomic E-state index is 13.9. The minimum Gasteiger partial charge on any atom is -0.379 e. The van der Waals surface area contributed by atoms with Crippen molar-refractivity contribution in [1.82, 2.24) is 42.7 Å². The van der Waals surface area contributed by atoms with E-state index in [9.17, 15) is 9.59 Å². The lowest BCUT2D eigenvalue weighted by atomic mass is 10.1. The van der Waals surface area contributed by atoms with Gasteiger partial charge in [0.1, 0.15) is 11.4 Å². The van der Waals surface area contributed by atoms with E-state index in [1.54, 1.807) is 15.4 Å². The Balaban J connectivity index is 1.30. The first kappa shape index (κ1) is 38.0. The topological polar surface area (TPSA) is 127 Å². The molecular weight excluding hydrogens is 695 g/mol. The molecule has 2 aromatic carbocycles. The van der Waals surface area contributed by atoms with Gasteiger partial charge in [-0.3, -0.25) is 23.9 Å². The highest BCUT2D eigenvalue weighted by Gasteiger charge is 2.24. The third-order valence-corrected chi connectivity index (χ3v) is 10.9. The Kier molecular flexibility index (Phi) is 10.9. The number of aryl methyl sites for hydroxylation is 6. The number of para-hydroxylation sites is 3. The van der Waals surface area contributed by atoms with Crippen molar-refractivity contribution in [3.63, 3.8) is 0 Å². The Morgan fingerprint density at radius 2 is 1.24 bits per heavy atom. The lowest BCUT2D eigenvalue weighted by Gasteiger charge is -2.27. The molecule has 1 aliphatic rings. The summed E-state index contributed by atoms with van der Waals surface area (Å²) < 4.78 is 17.6. The number of ether oxygens (including phenoxy) is 1. The van der Waals surface area contributed by atoms with Crippen LogP contribution in [0.5, 0.6) is 0 Å². The number of benzene rings is 2. The molecule has 0 N–H and O–H groups in total. The number of rotatable bonds is 11. The van der Waals surface area contributed by atoms with Crippen molar-refractivity contribution in [2.45, 2.75) is 86.1 Å². The maximum absolute atomic E-state index is 13.9. The van der Waals surface area contributed by atoms with E-state index in [1.165, 1.54) is 5.56 Å². The summed E-state index contributed by atoms with van der Waals surface area (Å²) in [6, 6.07) is 18.1. The van der Waals surface area contributed by atoms with Crippen LogP contribution in [0.3, 0.4) is 0 Å². The molecule has 55 heavy (non-hydrogen) atoms. The van der Waals surface area contributed by atoms with Crippen LogP contribution in [0.1, 0.15) is 90.5 Å². The van der Waals surface area contributed by atoms with Crippen molar-refractivity contribution in [1.29, 1.82) is 0 Å². The van der Waals surface area contributed by atoms with Crippen LogP contribution in [-0.2, 0) is 38.5 Å². The zero-order valence-electron chi connectivity index (χ0n) is 33.4. The van der Waals surface area contributed by atoms with E-state index in [0.717, 1.165) is 65.9 Å². The van der Waals surface area contributed by atoms with Crippen molar-refractivity contribution in [3.05, 3.63) is 94.2 Å². The normalized spacial score (nSPS) is 15.8. The molecule has 2 amide bonds. The van der Waals surface area contributed by atoms with Crippen LogP contribution in [-0.4, -0.2) is 80.8 Å². The molecule has 1 saturated heterocycles. The molecule has 5 heterocycles. The predicted octanol–water partition coefficient (Wildman–Crippen LogP) is 5.24. The number of aromatic nitrogens is 8. The smallest absolute Gasteiger partial charge is 0.298 e. The number of imidazole rings is 2. The van der Waals surface area contributed by atoms with Gasteiger partial charge in [0.2, 0.25) is 11.2 Å². The molecule has 6 aromatic rings. The molecule has 1 aliphatic heterocycles. The molecule has 2 atom stereocenters. The standard InChI is InChI=1S/C41H53N11O3/c1-9-49-35(24-27(3)44-49)38(53)42-40-46(7)32-15-11-12-16-33(32)51(40)29(5)18-19-30(6)52-37-31(26-48-20-22-55-23-21-48)14-13-17-34(37)47(8)41(52)43-39(54)36-25-28(4)45-50(36)10-2/h11-17,24-25,29-30H,9-10,18-23,26H2,1-8H3/b42-40+,43-41+/t29-,30-/m0/s1. The number of carbonyl (C=O) groups excluding carboxylic acids is 2. The first-order chi connectivity index (χ1) is 26.5. The molecule has 4 aromatic heterocycles. The molecule has 14 heteroatoms. The largest absolute Gasteiger partial charge is 0.379 e. The van der Waals surface area contributed by atoms with Crippen LogP contribution in [0, 0.1) is 13.8 Å². The van der Waals surface area contributed by atoms with Gasteiger partial charge in [0, 0.05) is 58.9 Å². The van der Waals surface area contributed by atoms with Gasteiger partial charge in [0.15, 0.2) is 0 Å². The van der Waals surface area contributed by atoms with Gasteiger partial charge in [-0.15, -0.1) is 0 Å². The molecule has 7 rings (SSSR count). The zero-order valence-corrected chi connectivity index (χ0v) is 33.4. The summed E-state index contributed by atoms with van der Waals surface area (Å²) in [5.74, 6) is -0.642. The van der Waals surface area contributed by atoms with Gasteiger partial charge in [-0.25, -0.2) is 0 Å². The van der Waals surface area contributed by atoms with Gasteiger partial charge in [0.05, 0.1) is 46.7 Å². The summed E-state index contributed by atoms with van der Waals surface area (Å²) in [5.41, 5.74) is 8.97. The van der Waals surface area contributed by atoms with Gasteiger partial charge in [-0.05, 0) is 90.3 Å². The zero-order chi connectivity index (χ0) is 39.0. The van der Waals surface area contributed by atoms with Gasteiger partial charge in [0.25, 0.3) is 11.8 Å². The second kappa shape index (κ2) is 15.8. The fraction of sp³-hybridized carbons (Fsp3) is 0.463. The van der Waals surface area contributed by atoms with Gasteiger partial charge in [-0.2, -0.15) is 20.2 Å². The Bertz CT molecular complexity index is 2510. The maximum Gasteiger partial charge on any atom is 0.298 e. The lowest BCUT2D eigenvalue weighted by Crippen LogP contribution is -2.36. The molecule has 14 nitrogen and oxygen atoms in total. The molecule has 0 spiro atoms. The molecule has 0 saturated carbocycles. The van der Waals surface area contributed by atoms with Crippen LogP contribution < -0.4 is 11.2 Å². The van der Waals surface area contributed by atoms with Crippen molar-refractivity contribution in [2.75, 3.05) is 26.3 Å². The second-order valence-corrected chi connectivity index (χ2v) is 14.7. The summed E-state index contributed by atoms with van der Waals surface area (Å²) in [4.78, 5) is 39.7. The molecule has 0 radical (unpaired) electrons. The average molecular weight is 748 g/mol. The molecule has 0 unspecified atom stereocenters. The van der Waals surface area contributed by atoms with E-state index in [1.807, 2.05) is 69.1 Å². The summed E-state index contributed by atoms with van der Waals surface area (Å²) in [7, 11) is 3.95. The molecule has 1 fully saturated rings. The third kappa shape index (κ3) is 7.28. The van der Waals surface area contributed by atoms with E-state index in [-0.39, 0.29) is 23.9 Å². The number of fused-ring (bicyclic) bond motifs is 2. The minimum absolute atomic E-state index is 0.0229. The Labute approximate surface area is 321 Å². The lowest BCUT2D eigenvalue weighted by molar-refractivity contribution is 0.0343. The molecule has 290 valence electrons. The highest BCUT2D eigenvalue weighted by Crippen LogP contribution is 2.28. The summed E-state index contributed by atoms with van der Waals surface area (Å²) in [6.45, 7) is 17.2. The van der Waals surface area contributed by atoms with Crippen LogP contribution >= 0.6 is 0 Å². The minimum atomic E-state index is -0.322. The predicted molar refractivity (Wildman–Crippen MR) is 212 cm³/mol. The third-order valence-electron chi connectivity index (χ3n) is 10.9. The Morgan fingerprint density at radius 3 is 1.82 bits per heavy atom. The van der Waals surface area contributed by atoms with Crippen molar-refractivity contribution in [3.8, 4) is 0 Å². The number of carbonyl (C=O) groups is 2. The second-order valence-electron chi connectivity index (χ2n) is 14.7. The van der Waals surface area contributed by atoms with Crippen LogP contribution in [0.25, 0.3) is 22.1 Å². The van der Waals surface area contributed by atoms with E-state index in [0.29, 0.717) is 48.9 Å². The van der Waals surface area contributed by atoms with E-state index in [2.05, 4.69) is 68.4 Å². The summed E-state index contributed by atoms with van der Waals surface area (Å²) >= 11 is 0. The van der Waals surface area contributed by atoms with Crippen LogP contribution in [0.2, 0.25) is 0 Å². The first-order valence-corrected chi connectivity index (χ1v) is 19.4. The molecule has 0 bridgehead atoms. The van der Waals surface area contributed by atoms with Crippen molar-refractivity contribution >= 4 is 33.9 Å². The Hall–Kier alpha value is -5.34. The monoisotopic (exact) mass is 747 g/mol. The SMILES string of the molecule is CCn1nc(C)cc1C(=O)/N=c1\n(C)c2ccccc2n1[C@@H](C)CC[C@H](C)n1/c(=N/C(=O)c2cc(C)nn2CC)n(C)c2cccc(CN3CCOCC3)c21. The Morgan fingerprint density at radius 1 is 0.727 bits per heavy atom. The van der Waals surface area contributed by atoms with Crippen molar-refractivity contribution < 1.29 is 14.3 Å². The number of nitrogens with zero attached hydrogens (tertiary/aromatic N) is 11. The van der Waals surface area contributed by atoms with E-state index in [4.69, 9.17) is 14.7 Å². The highest BCUT2D eigenvalue weighted by molar-refractivity contribution is 5.94. The van der Waals surface area contributed by atoms with Crippen LogP contribution in [0.15, 0.2) is 64.6 Å². The van der Waals surface area contributed by atoms with Gasteiger partial charge < -0.3 is 23.0 Å². The summed E-state index contributed by atoms with van der Waals surface area (Å²) in [5, 5.41) is 9.00. The van der Waals surface area contributed by atoms with Gasteiger partial charge >= 0.3 is 0 Å². The van der Waals surface area contributed by atoms with Crippen molar-refractivity contribution in [2.24, 2.45) is 24.1 Å². The first-order valence-electron chi connectivity index (χ1n) is 19.4. The summed E-state index contributed by atoms with van der Waals surface area (Å²) in [6.07, 6.45) is 1.54. The fourth-order valence-electron chi connectivity index (χ4n) is 8.02.